The number of carbonyl (C=O) groups excluding carboxylic acids is 1. The van der Waals surface area contributed by atoms with Gasteiger partial charge in [-0.3, -0.25) is 0 Å². The van der Waals surface area contributed by atoms with Gasteiger partial charge in [0.25, 0.3) is 0 Å². The largest absolute Gasteiger partial charge is 0.508 e. The van der Waals surface area contributed by atoms with Crippen molar-refractivity contribution in [2.75, 3.05) is 19.8 Å². The van der Waals surface area contributed by atoms with E-state index < -0.39 is 13.5 Å². The van der Waals surface area contributed by atoms with Crippen molar-refractivity contribution in [2.45, 2.75) is 57.3 Å². The Balaban J connectivity index is 2.13. The van der Waals surface area contributed by atoms with E-state index in [0.29, 0.717) is 5.92 Å². The van der Waals surface area contributed by atoms with Crippen LogP contribution < -0.4 is 10.6 Å². The lowest BCUT2D eigenvalue weighted by Gasteiger charge is -2.30. The van der Waals surface area contributed by atoms with E-state index in [1.807, 2.05) is 51.1 Å². The monoisotopic (exact) mass is 476 g/mol. The van der Waals surface area contributed by atoms with Gasteiger partial charge in [-0.1, -0.05) is 52.1 Å². The fraction of sp³-hybridized carbons (Fsp3) is 0.480. The van der Waals surface area contributed by atoms with Gasteiger partial charge in [-0.2, -0.15) is 0 Å². The maximum atomic E-state index is 12.6. The van der Waals surface area contributed by atoms with Crippen LogP contribution in [0.25, 0.3) is 0 Å². The van der Waals surface area contributed by atoms with Gasteiger partial charge in [0.1, 0.15) is 11.4 Å². The molecule has 2 aromatic carbocycles. The molecule has 5 nitrogen and oxygen atoms in total. The van der Waals surface area contributed by atoms with Gasteiger partial charge in [-0.25, -0.2) is 9.10 Å². The Labute approximate surface area is 198 Å². The molecule has 2 rings (SSSR count). The average Bonchev–Trinajstić information content (AvgIpc) is 2.71. The van der Waals surface area contributed by atoms with Crippen molar-refractivity contribution in [1.82, 2.24) is 9.62 Å². The van der Waals surface area contributed by atoms with Crippen molar-refractivity contribution in [2.24, 2.45) is 5.92 Å². The zero-order valence-electron chi connectivity index (χ0n) is 20.0. The highest BCUT2D eigenvalue weighted by atomic mass is 32.2. The number of alkyl carbamates (subject to hydrolysis) is 1. The number of rotatable bonds is 10. The van der Waals surface area contributed by atoms with Gasteiger partial charge >= 0.3 is 6.09 Å². The molecule has 2 aromatic rings. The summed E-state index contributed by atoms with van der Waals surface area (Å²) >= 11 is 1.69. The Hall–Kier alpha value is -1.75. The maximum absolute atomic E-state index is 12.6. The van der Waals surface area contributed by atoms with E-state index in [9.17, 15) is 9.90 Å². The van der Waals surface area contributed by atoms with E-state index in [0.717, 1.165) is 24.4 Å². The van der Waals surface area contributed by atoms with Gasteiger partial charge < -0.3 is 15.2 Å². The molecule has 2 unspecified atom stereocenters. The second kappa shape index (κ2) is 12.5. The summed E-state index contributed by atoms with van der Waals surface area (Å²) in [6.07, 6.45) is 0.447. The first-order valence-electron chi connectivity index (χ1n) is 11.0. The number of carbonyl (C=O) groups is 1. The number of nitrogens with zero attached hydrogens (tertiary/aromatic N) is 1. The number of nitrogens with one attached hydrogen (secondary N) is 1. The molecule has 1 amide bonds. The first-order valence-corrected chi connectivity index (χ1v) is 13.7. The van der Waals surface area contributed by atoms with Crippen LogP contribution in [0.5, 0.6) is 5.75 Å². The van der Waals surface area contributed by atoms with E-state index >= 15 is 0 Å². The second-order valence-electron chi connectivity index (χ2n) is 9.26. The van der Waals surface area contributed by atoms with Crippen LogP contribution in [0.4, 0.5) is 4.79 Å². The Morgan fingerprint density at radius 1 is 1.12 bits per heavy atom. The van der Waals surface area contributed by atoms with Crippen LogP contribution in [0.3, 0.4) is 0 Å². The van der Waals surface area contributed by atoms with Crippen molar-refractivity contribution in [3.63, 3.8) is 0 Å². The third kappa shape index (κ3) is 9.81. The molecule has 32 heavy (non-hydrogen) atoms. The normalized spacial score (nSPS) is 13.8. The van der Waals surface area contributed by atoms with Crippen molar-refractivity contribution in [1.29, 1.82) is 0 Å². The standard InChI is InChI=1S/C25H37N2O3PS/c1-19(2)18-27(32-22-14-12-20(28)13-15-22)17-16-23(26-24(29)30-25(3,4)5)31(6)21-10-8-7-9-11-21/h7-15,19,23,28H,16-18H2,1-6H3,(H,26,29). The topological polar surface area (TPSA) is 61.8 Å². The fourth-order valence-corrected chi connectivity index (χ4v) is 6.08. The second-order valence-corrected chi connectivity index (χ2v) is 12.8. The lowest BCUT2D eigenvalue weighted by molar-refractivity contribution is 0.0519. The van der Waals surface area contributed by atoms with Crippen molar-refractivity contribution < 1.29 is 14.6 Å². The number of aromatic hydroxyl groups is 1. The van der Waals surface area contributed by atoms with E-state index in [-0.39, 0.29) is 17.6 Å². The summed E-state index contributed by atoms with van der Waals surface area (Å²) in [5.74, 6) is 0.775. The molecule has 0 heterocycles. The van der Waals surface area contributed by atoms with E-state index in [2.05, 4.69) is 42.3 Å². The molecule has 0 spiro atoms. The number of benzene rings is 2. The summed E-state index contributed by atoms with van der Waals surface area (Å²) in [6.45, 7) is 14.0. The zero-order chi connectivity index (χ0) is 23.7. The Morgan fingerprint density at radius 3 is 2.31 bits per heavy atom. The lowest BCUT2D eigenvalue weighted by atomic mass is 10.2. The molecule has 2 atom stereocenters. The summed E-state index contributed by atoms with van der Waals surface area (Å²) in [5, 5.41) is 14.0. The first kappa shape index (κ1) is 26.5. The molecule has 0 saturated carbocycles. The quantitative estimate of drug-likeness (QED) is 0.324. The third-order valence-electron chi connectivity index (χ3n) is 4.61. The predicted molar refractivity (Wildman–Crippen MR) is 137 cm³/mol. The van der Waals surface area contributed by atoms with Gasteiger partial charge in [0.05, 0.1) is 5.78 Å². The highest BCUT2D eigenvalue weighted by Crippen LogP contribution is 2.37. The molecule has 0 fully saturated rings. The molecule has 7 heteroatoms. The molecular weight excluding hydrogens is 439 g/mol. The number of hydrogen-bond donors (Lipinski definition) is 2. The number of phenolic OH excluding ortho intramolecular Hbond substituents is 1. The maximum Gasteiger partial charge on any atom is 0.408 e. The lowest BCUT2D eigenvalue weighted by Crippen LogP contribution is -2.41. The van der Waals surface area contributed by atoms with Gasteiger partial charge in [-0.15, -0.1) is 0 Å². The summed E-state index contributed by atoms with van der Waals surface area (Å²) in [4.78, 5) is 13.7. The minimum Gasteiger partial charge on any atom is -0.508 e. The van der Waals surface area contributed by atoms with Crippen LogP contribution in [0.2, 0.25) is 0 Å². The highest BCUT2D eigenvalue weighted by molar-refractivity contribution is 7.97. The van der Waals surface area contributed by atoms with E-state index in [4.69, 9.17) is 4.74 Å². The van der Waals surface area contributed by atoms with Crippen molar-refractivity contribution in [3.8, 4) is 5.75 Å². The Morgan fingerprint density at radius 2 is 1.75 bits per heavy atom. The van der Waals surface area contributed by atoms with Crippen LogP contribution >= 0.6 is 19.9 Å². The molecule has 0 radical (unpaired) electrons. The molecule has 2 N–H and O–H groups in total. The van der Waals surface area contributed by atoms with E-state index in [1.54, 1.807) is 24.1 Å². The van der Waals surface area contributed by atoms with Crippen molar-refractivity contribution >= 4 is 31.3 Å². The minimum absolute atomic E-state index is 0.00247. The molecule has 0 saturated heterocycles. The number of phenols is 1. The molecular formula is C25H37N2O3PS. The van der Waals surface area contributed by atoms with Crippen LogP contribution in [0.15, 0.2) is 59.5 Å². The third-order valence-corrected chi connectivity index (χ3v) is 8.11. The van der Waals surface area contributed by atoms with Gasteiger partial charge in [-0.05, 0) is 81.3 Å². The first-order chi connectivity index (χ1) is 15.0. The van der Waals surface area contributed by atoms with Crippen LogP contribution in [0.1, 0.15) is 41.0 Å². The SMILES string of the molecule is CC(C)CN(CCC(NC(=O)OC(C)(C)C)P(C)c1ccccc1)Sc1ccc(O)cc1. The molecule has 0 aliphatic heterocycles. The summed E-state index contributed by atoms with van der Waals surface area (Å²) in [7, 11) is -0.609. The molecule has 176 valence electrons. The Bertz CT molecular complexity index is 825. The van der Waals surface area contributed by atoms with Crippen LogP contribution in [0, 0.1) is 5.92 Å². The highest BCUT2D eigenvalue weighted by Gasteiger charge is 2.25. The number of ether oxygens (including phenoxy) is 1. The van der Waals surface area contributed by atoms with Gasteiger partial charge in [0, 0.05) is 18.0 Å². The number of hydrogen-bond acceptors (Lipinski definition) is 5. The predicted octanol–water partition coefficient (Wildman–Crippen LogP) is 6.04. The number of amides is 1. The van der Waals surface area contributed by atoms with Crippen molar-refractivity contribution in [3.05, 3.63) is 54.6 Å². The summed E-state index contributed by atoms with van der Waals surface area (Å²) < 4.78 is 7.89. The smallest absolute Gasteiger partial charge is 0.408 e. The zero-order valence-corrected chi connectivity index (χ0v) is 21.7. The summed E-state index contributed by atoms with van der Waals surface area (Å²) in [6, 6.07) is 17.7. The fourth-order valence-electron chi connectivity index (χ4n) is 3.15. The van der Waals surface area contributed by atoms with E-state index in [1.165, 1.54) is 5.30 Å². The van der Waals surface area contributed by atoms with Crippen LogP contribution in [-0.2, 0) is 4.74 Å². The molecule has 0 aliphatic rings. The van der Waals surface area contributed by atoms with Crippen LogP contribution in [-0.4, -0.2) is 46.6 Å². The van der Waals surface area contributed by atoms with Gasteiger partial charge in [0.15, 0.2) is 0 Å². The average molecular weight is 477 g/mol. The minimum atomic E-state index is -0.609. The summed E-state index contributed by atoms with van der Waals surface area (Å²) in [5.41, 5.74) is -0.531. The van der Waals surface area contributed by atoms with Gasteiger partial charge in [0.2, 0.25) is 0 Å². The Kier molecular flexibility index (Phi) is 10.3. The molecule has 0 bridgehead atoms. The molecule has 0 aliphatic carbocycles. The molecule has 0 aromatic heterocycles.